The SMILES string of the molecule is O=c1[nH]ccc2cc(OC3CCCN(Cc4ccccn4)C3)ccc12. The topological polar surface area (TPSA) is 58.2 Å². The molecule has 128 valence electrons. The van der Waals surface area contributed by atoms with Crippen molar-refractivity contribution >= 4 is 10.8 Å². The Balaban J connectivity index is 1.44. The average molecular weight is 335 g/mol. The molecule has 2 aromatic heterocycles. The molecule has 1 saturated heterocycles. The van der Waals surface area contributed by atoms with Crippen LogP contribution in [0.3, 0.4) is 0 Å². The lowest BCUT2D eigenvalue weighted by Crippen LogP contribution is -2.40. The minimum Gasteiger partial charge on any atom is -0.489 e. The third-order valence-electron chi connectivity index (χ3n) is 4.62. The third kappa shape index (κ3) is 3.72. The Labute approximate surface area is 146 Å². The number of nitrogens with zero attached hydrogens (tertiary/aromatic N) is 2. The highest BCUT2D eigenvalue weighted by atomic mass is 16.5. The number of fused-ring (bicyclic) bond motifs is 1. The zero-order chi connectivity index (χ0) is 17.1. The summed E-state index contributed by atoms with van der Waals surface area (Å²) in [5, 5.41) is 1.60. The number of rotatable bonds is 4. The molecule has 5 nitrogen and oxygen atoms in total. The molecule has 1 atom stereocenters. The Kier molecular flexibility index (Phi) is 4.48. The largest absolute Gasteiger partial charge is 0.489 e. The van der Waals surface area contributed by atoms with E-state index in [4.69, 9.17) is 4.74 Å². The van der Waals surface area contributed by atoms with E-state index in [0.717, 1.165) is 49.3 Å². The average Bonchev–Trinajstić information content (AvgIpc) is 2.63. The van der Waals surface area contributed by atoms with Crippen molar-refractivity contribution in [2.45, 2.75) is 25.5 Å². The number of aromatic amines is 1. The van der Waals surface area contributed by atoms with Gasteiger partial charge >= 0.3 is 0 Å². The highest BCUT2D eigenvalue weighted by Gasteiger charge is 2.21. The van der Waals surface area contributed by atoms with Crippen LogP contribution in [0.1, 0.15) is 18.5 Å². The first-order valence-electron chi connectivity index (χ1n) is 8.68. The summed E-state index contributed by atoms with van der Waals surface area (Å²) >= 11 is 0. The standard InChI is InChI=1S/C20H21N3O2/c24-20-19-7-6-17(12-15(19)8-10-22-20)25-18-5-3-11-23(14-18)13-16-4-1-2-9-21-16/h1-2,4,6-10,12,18H,3,5,11,13-14H2,(H,22,24). The van der Waals surface area contributed by atoms with E-state index >= 15 is 0 Å². The smallest absolute Gasteiger partial charge is 0.255 e. The van der Waals surface area contributed by atoms with Crippen molar-refractivity contribution in [2.24, 2.45) is 0 Å². The summed E-state index contributed by atoms with van der Waals surface area (Å²) in [7, 11) is 0. The van der Waals surface area contributed by atoms with Crippen molar-refractivity contribution in [1.82, 2.24) is 14.9 Å². The summed E-state index contributed by atoms with van der Waals surface area (Å²) in [5.74, 6) is 0.822. The fourth-order valence-corrected chi connectivity index (χ4v) is 3.41. The lowest BCUT2D eigenvalue weighted by molar-refractivity contribution is 0.0837. The lowest BCUT2D eigenvalue weighted by Gasteiger charge is -2.32. The predicted octanol–water partition coefficient (Wildman–Crippen LogP) is 2.97. The predicted molar refractivity (Wildman–Crippen MR) is 97.7 cm³/mol. The minimum absolute atomic E-state index is 0.0664. The van der Waals surface area contributed by atoms with Crippen molar-refractivity contribution in [3.8, 4) is 5.75 Å². The van der Waals surface area contributed by atoms with Crippen molar-refractivity contribution < 1.29 is 4.74 Å². The third-order valence-corrected chi connectivity index (χ3v) is 4.62. The van der Waals surface area contributed by atoms with Gasteiger partial charge in [0, 0.05) is 30.9 Å². The molecule has 1 N–H and O–H groups in total. The van der Waals surface area contributed by atoms with Gasteiger partial charge < -0.3 is 9.72 Å². The van der Waals surface area contributed by atoms with Crippen LogP contribution in [0.25, 0.3) is 10.8 Å². The fraction of sp³-hybridized carbons (Fsp3) is 0.300. The number of H-pyrrole nitrogens is 1. The fourth-order valence-electron chi connectivity index (χ4n) is 3.41. The molecule has 3 aromatic rings. The number of likely N-dealkylation sites (tertiary alicyclic amines) is 1. The number of hydrogen-bond acceptors (Lipinski definition) is 4. The summed E-state index contributed by atoms with van der Waals surface area (Å²) in [5.41, 5.74) is 1.02. The van der Waals surface area contributed by atoms with Gasteiger partial charge in [0.1, 0.15) is 11.9 Å². The molecule has 0 aliphatic carbocycles. The number of pyridine rings is 2. The Morgan fingerprint density at radius 3 is 3.08 bits per heavy atom. The van der Waals surface area contributed by atoms with Gasteiger partial charge in [-0.15, -0.1) is 0 Å². The van der Waals surface area contributed by atoms with Crippen LogP contribution in [-0.4, -0.2) is 34.1 Å². The number of ether oxygens (including phenoxy) is 1. The number of benzene rings is 1. The maximum Gasteiger partial charge on any atom is 0.255 e. The first-order valence-corrected chi connectivity index (χ1v) is 8.68. The van der Waals surface area contributed by atoms with Crippen LogP contribution >= 0.6 is 0 Å². The Morgan fingerprint density at radius 1 is 1.24 bits per heavy atom. The van der Waals surface area contributed by atoms with Gasteiger partial charge in [0.25, 0.3) is 5.56 Å². The van der Waals surface area contributed by atoms with Crippen LogP contribution in [0.4, 0.5) is 0 Å². The molecule has 1 unspecified atom stereocenters. The zero-order valence-corrected chi connectivity index (χ0v) is 14.0. The summed E-state index contributed by atoms with van der Waals surface area (Å²) in [4.78, 5) is 21.3. The molecule has 1 aliphatic heterocycles. The molecule has 0 saturated carbocycles. The highest BCUT2D eigenvalue weighted by Crippen LogP contribution is 2.22. The van der Waals surface area contributed by atoms with E-state index in [1.54, 1.807) is 6.20 Å². The number of nitrogens with one attached hydrogen (secondary N) is 1. The number of aromatic nitrogens is 2. The van der Waals surface area contributed by atoms with Crippen LogP contribution in [-0.2, 0) is 6.54 Å². The van der Waals surface area contributed by atoms with Crippen LogP contribution in [0.15, 0.2) is 59.7 Å². The molecule has 0 spiro atoms. The van der Waals surface area contributed by atoms with Gasteiger partial charge in [-0.25, -0.2) is 0 Å². The molecule has 0 amide bonds. The Hall–Kier alpha value is -2.66. The first kappa shape index (κ1) is 15.8. The molecule has 0 radical (unpaired) electrons. The molecule has 1 aliphatic rings. The van der Waals surface area contributed by atoms with Crippen molar-refractivity contribution in [3.05, 3.63) is 70.9 Å². The van der Waals surface area contributed by atoms with E-state index in [9.17, 15) is 4.79 Å². The van der Waals surface area contributed by atoms with Crippen molar-refractivity contribution in [3.63, 3.8) is 0 Å². The zero-order valence-electron chi connectivity index (χ0n) is 14.0. The molecule has 5 heteroatoms. The van der Waals surface area contributed by atoms with Gasteiger partial charge in [0.15, 0.2) is 0 Å². The van der Waals surface area contributed by atoms with Gasteiger partial charge in [-0.3, -0.25) is 14.7 Å². The van der Waals surface area contributed by atoms with E-state index in [2.05, 4.69) is 20.9 Å². The second kappa shape index (κ2) is 7.07. The monoisotopic (exact) mass is 335 g/mol. The number of hydrogen-bond donors (Lipinski definition) is 1. The lowest BCUT2D eigenvalue weighted by atomic mass is 10.1. The minimum atomic E-state index is -0.0664. The normalized spacial score (nSPS) is 18.3. The summed E-state index contributed by atoms with van der Waals surface area (Å²) < 4.78 is 6.20. The summed E-state index contributed by atoms with van der Waals surface area (Å²) in [6, 6.07) is 13.6. The molecule has 3 heterocycles. The molecule has 1 fully saturated rings. The maximum atomic E-state index is 11.8. The second-order valence-corrected chi connectivity index (χ2v) is 6.49. The molecule has 25 heavy (non-hydrogen) atoms. The summed E-state index contributed by atoms with van der Waals surface area (Å²) in [6.07, 6.45) is 5.84. The Morgan fingerprint density at radius 2 is 2.20 bits per heavy atom. The first-order chi connectivity index (χ1) is 12.3. The highest BCUT2D eigenvalue weighted by molar-refractivity contribution is 5.82. The number of piperidine rings is 1. The molecule has 1 aromatic carbocycles. The van der Waals surface area contributed by atoms with Gasteiger partial charge in [0.2, 0.25) is 0 Å². The van der Waals surface area contributed by atoms with E-state index < -0.39 is 0 Å². The van der Waals surface area contributed by atoms with Gasteiger partial charge in [-0.1, -0.05) is 6.07 Å². The molecule has 4 rings (SSSR count). The van der Waals surface area contributed by atoms with Crippen LogP contribution < -0.4 is 10.3 Å². The van der Waals surface area contributed by atoms with Gasteiger partial charge in [-0.2, -0.15) is 0 Å². The molecular weight excluding hydrogens is 314 g/mol. The van der Waals surface area contributed by atoms with Gasteiger partial charge in [-0.05, 0) is 61.2 Å². The maximum absolute atomic E-state index is 11.8. The van der Waals surface area contributed by atoms with Crippen molar-refractivity contribution in [2.75, 3.05) is 13.1 Å². The van der Waals surface area contributed by atoms with Crippen LogP contribution in [0.5, 0.6) is 5.75 Å². The second-order valence-electron chi connectivity index (χ2n) is 6.49. The van der Waals surface area contributed by atoms with Crippen molar-refractivity contribution in [1.29, 1.82) is 0 Å². The van der Waals surface area contributed by atoms with E-state index in [1.165, 1.54) is 0 Å². The summed E-state index contributed by atoms with van der Waals surface area (Å²) in [6.45, 7) is 2.82. The van der Waals surface area contributed by atoms with Gasteiger partial charge in [0.05, 0.1) is 5.69 Å². The van der Waals surface area contributed by atoms with Crippen LogP contribution in [0.2, 0.25) is 0 Å². The molecule has 0 bridgehead atoms. The van der Waals surface area contributed by atoms with E-state index in [1.807, 2.05) is 42.6 Å². The van der Waals surface area contributed by atoms with E-state index in [0.29, 0.717) is 5.39 Å². The Bertz CT molecular complexity index is 907. The molecular formula is C20H21N3O2. The quantitative estimate of drug-likeness (QED) is 0.796. The van der Waals surface area contributed by atoms with E-state index in [-0.39, 0.29) is 11.7 Å². The van der Waals surface area contributed by atoms with Crippen LogP contribution in [0, 0.1) is 0 Å².